The van der Waals surface area contributed by atoms with E-state index in [2.05, 4.69) is 19.1 Å². The second kappa shape index (κ2) is 5.33. The van der Waals surface area contributed by atoms with E-state index in [-0.39, 0.29) is 12.1 Å². The molecule has 1 aliphatic heterocycles. The van der Waals surface area contributed by atoms with Crippen molar-refractivity contribution in [3.8, 4) is 0 Å². The van der Waals surface area contributed by atoms with Gasteiger partial charge < -0.3 is 9.64 Å². The summed E-state index contributed by atoms with van der Waals surface area (Å²) in [7, 11) is 0. The standard InChI is InChI=1S/C16H21NO2/c1-12-11-19-15(9-13-5-3-2-4-6-13)10-17(12)16(18)14-7-8-14/h2-6,12,14-15H,7-11H2,1H3. The molecule has 0 aromatic heterocycles. The van der Waals surface area contributed by atoms with E-state index in [0.717, 1.165) is 25.8 Å². The molecule has 102 valence electrons. The molecule has 2 unspecified atom stereocenters. The molecule has 3 heteroatoms. The first kappa shape index (κ1) is 12.7. The first-order chi connectivity index (χ1) is 9.24. The molecule has 1 amide bonds. The maximum Gasteiger partial charge on any atom is 0.226 e. The Bertz CT molecular complexity index is 441. The van der Waals surface area contributed by atoms with Crippen LogP contribution in [-0.4, -0.2) is 36.1 Å². The van der Waals surface area contributed by atoms with Crippen molar-refractivity contribution in [2.75, 3.05) is 13.2 Å². The molecule has 1 heterocycles. The quantitative estimate of drug-likeness (QED) is 0.833. The van der Waals surface area contributed by atoms with E-state index in [4.69, 9.17) is 4.74 Å². The minimum atomic E-state index is 0.140. The molecule has 0 N–H and O–H groups in total. The van der Waals surface area contributed by atoms with Gasteiger partial charge in [-0.2, -0.15) is 0 Å². The van der Waals surface area contributed by atoms with Crippen molar-refractivity contribution in [1.82, 2.24) is 4.90 Å². The summed E-state index contributed by atoms with van der Waals surface area (Å²) in [6, 6.07) is 10.6. The van der Waals surface area contributed by atoms with Gasteiger partial charge in [0.05, 0.1) is 18.8 Å². The second-order valence-electron chi connectivity index (χ2n) is 5.76. The van der Waals surface area contributed by atoms with Crippen LogP contribution in [0.2, 0.25) is 0 Å². The fourth-order valence-electron chi connectivity index (χ4n) is 2.69. The van der Waals surface area contributed by atoms with Crippen LogP contribution in [0.15, 0.2) is 30.3 Å². The van der Waals surface area contributed by atoms with E-state index in [1.54, 1.807) is 0 Å². The Kier molecular flexibility index (Phi) is 3.56. The summed E-state index contributed by atoms with van der Waals surface area (Å²) in [5.74, 6) is 0.645. The molecule has 1 saturated heterocycles. The van der Waals surface area contributed by atoms with Crippen LogP contribution in [0.3, 0.4) is 0 Å². The summed E-state index contributed by atoms with van der Waals surface area (Å²) < 4.78 is 5.88. The zero-order chi connectivity index (χ0) is 13.2. The number of morpholine rings is 1. The highest BCUT2D eigenvalue weighted by Gasteiger charge is 2.38. The van der Waals surface area contributed by atoms with Crippen LogP contribution < -0.4 is 0 Å². The lowest BCUT2D eigenvalue weighted by Crippen LogP contribution is -2.52. The summed E-state index contributed by atoms with van der Waals surface area (Å²) in [6.45, 7) is 3.49. The number of rotatable bonds is 3. The third-order valence-corrected chi connectivity index (χ3v) is 4.02. The predicted molar refractivity (Wildman–Crippen MR) is 73.8 cm³/mol. The van der Waals surface area contributed by atoms with Crippen molar-refractivity contribution in [3.63, 3.8) is 0 Å². The minimum absolute atomic E-state index is 0.140. The van der Waals surface area contributed by atoms with Crippen molar-refractivity contribution < 1.29 is 9.53 Å². The number of ether oxygens (including phenoxy) is 1. The lowest BCUT2D eigenvalue weighted by molar-refractivity contribution is -0.145. The molecule has 3 rings (SSSR count). The van der Waals surface area contributed by atoms with E-state index in [1.807, 2.05) is 23.1 Å². The van der Waals surface area contributed by atoms with Crippen LogP contribution in [0.25, 0.3) is 0 Å². The zero-order valence-corrected chi connectivity index (χ0v) is 11.4. The van der Waals surface area contributed by atoms with Gasteiger partial charge in [0.15, 0.2) is 0 Å². The van der Waals surface area contributed by atoms with E-state index in [1.165, 1.54) is 5.56 Å². The zero-order valence-electron chi connectivity index (χ0n) is 11.4. The molecular formula is C16H21NO2. The van der Waals surface area contributed by atoms with Crippen molar-refractivity contribution in [3.05, 3.63) is 35.9 Å². The third kappa shape index (κ3) is 2.98. The lowest BCUT2D eigenvalue weighted by atomic mass is 10.0. The van der Waals surface area contributed by atoms with Crippen molar-refractivity contribution in [2.45, 2.75) is 38.3 Å². The van der Waals surface area contributed by atoms with Crippen LogP contribution in [0.5, 0.6) is 0 Å². The van der Waals surface area contributed by atoms with Gasteiger partial charge in [-0.3, -0.25) is 4.79 Å². The van der Waals surface area contributed by atoms with Gasteiger partial charge in [0, 0.05) is 18.9 Å². The van der Waals surface area contributed by atoms with Gasteiger partial charge in [0.1, 0.15) is 0 Å². The largest absolute Gasteiger partial charge is 0.374 e. The normalized spacial score (nSPS) is 27.3. The molecule has 1 saturated carbocycles. The SMILES string of the molecule is CC1COC(Cc2ccccc2)CN1C(=O)C1CC1. The van der Waals surface area contributed by atoms with Crippen molar-refractivity contribution >= 4 is 5.91 Å². The molecule has 1 aromatic rings. The molecule has 2 atom stereocenters. The van der Waals surface area contributed by atoms with Crippen LogP contribution in [0, 0.1) is 5.92 Å². The van der Waals surface area contributed by atoms with E-state index < -0.39 is 0 Å². The molecule has 0 spiro atoms. The van der Waals surface area contributed by atoms with E-state index in [9.17, 15) is 4.79 Å². The highest BCUT2D eigenvalue weighted by atomic mass is 16.5. The average molecular weight is 259 g/mol. The Labute approximate surface area is 114 Å². The van der Waals surface area contributed by atoms with Crippen molar-refractivity contribution in [1.29, 1.82) is 0 Å². The molecule has 0 radical (unpaired) electrons. The van der Waals surface area contributed by atoms with Gasteiger partial charge in [-0.15, -0.1) is 0 Å². The Hall–Kier alpha value is -1.35. The summed E-state index contributed by atoms with van der Waals surface area (Å²) in [4.78, 5) is 14.3. The number of benzene rings is 1. The number of nitrogens with zero attached hydrogens (tertiary/aromatic N) is 1. The minimum Gasteiger partial charge on any atom is -0.374 e. The monoisotopic (exact) mass is 259 g/mol. The van der Waals surface area contributed by atoms with Gasteiger partial charge in [0.25, 0.3) is 0 Å². The van der Waals surface area contributed by atoms with Crippen LogP contribution >= 0.6 is 0 Å². The van der Waals surface area contributed by atoms with Gasteiger partial charge in [-0.05, 0) is 25.3 Å². The molecule has 19 heavy (non-hydrogen) atoms. The summed E-state index contributed by atoms with van der Waals surface area (Å²) >= 11 is 0. The fourth-order valence-corrected chi connectivity index (χ4v) is 2.69. The predicted octanol–water partition coefficient (Wildman–Crippen LogP) is 2.25. The Balaban J connectivity index is 1.63. The molecular weight excluding hydrogens is 238 g/mol. The maximum absolute atomic E-state index is 12.2. The topological polar surface area (TPSA) is 29.5 Å². The Morgan fingerprint density at radius 3 is 2.74 bits per heavy atom. The Morgan fingerprint density at radius 1 is 1.32 bits per heavy atom. The molecule has 1 aliphatic carbocycles. The van der Waals surface area contributed by atoms with Crippen LogP contribution in [0.4, 0.5) is 0 Å². The van der Waals surface area contributed by atoms with E-state index in [0.29, 0.717) is 18.4 Å². The Morgan fingerprint density at radius 2 is 2.05 bits per heavy atom. The summed E-state index contributed by atoms with van der Waals surface area (Å²) in [6.07, 6.45) is 3.18. The van der Waals surface area contributed by atoms with Gasteiger partial charge in [-0.1, -0.05) is 30.3 Å². The highest BCUT2D eigenvalue weighted by molar-refractivity contribution is 5.81. The summed E-state index contributed by atoms with van der Waals surface area (Å²) in [5, 5.41) is 0. The summed E-state index contributed by atoms with van der Waals surface area (Å²) in [5.41, 5.74) is 1.28. The van der Waals surface area contributed by atoms with Crippen LogP contribution in [0.1, 0.15) is 25.3 Å². The van der Waals surface area contributed by atoms with Crippen LogP contribution in [-0.2, 0) is 16.0 Å². The molecule has 3 nitrogen and oxygen atoms in total. The highest BCUT2D eigenvalue weighted by Crippen LogP contribution is 2.32. The molecule has 0 bridgehead atoms. The second-order valence-corrected chi connectivity index (χ2v) is 5.76. The van der Waals surface area contributed by atoms with Gasteiger partial charge in [-0.25, -0.2) is 0 Å². The molecule has 2 aliphatic rings. The van der Waals surface area contributed by atoms with Crippen molar-refractivity contribution in [2.24, 2.45) is 5.92 Å². The fraction of sp³-hybridized carbons (Fsp3) is 0.562. The third-order valence-electron chi connectivity index (χ3n) is 4.02. The number of hydrogen-bond acceptors (Lipinski definition) is 2. The first-order valence-electron chi connectivity index (χ1n) is 7.20. The number of carbonyl (C=O) groups is 1. The number of hydrogen-bond donors (Lipinski definition) is 0. The number of amides is 1. The van der Waals surface area contributed by atoms with Gasteiger partial charge >= 0.3 is 0 Å². The molecule has 1 aromatic carbocycles. The number of carbonyl (C=O) groups excluding carboxylic acids is 1. The average Bonchev–Trinajstić information content (AvgIpc) is 3.26. The lowest BCUT2D eigenvalue weighted by Gasteiger charge is -2.38. The van der Waals surface area contributed by atoms with Gasteiger partial charge in [0.2, 0.25) is 5.91 Å². The first-order valence-corrected chi connectivity index (χ1v) is 7.20. The molecule has 2 fully saturated rings. The maximum atomic E-state index is 12.2. The smallest absolute Gasteiger partial charge is 0.226 e. The van der Waals surface area contributed by atoms with E-state index >= 15 is 0 Å².